The van der Waals surface area contributed by atoms with E-state index in [9.17, 15) is 8.42 Å². The molecule has 0 aliphatic carbocycles. The van der Waals surface area contributed by atoms with E-state index in [1.54, 1.807) is 13.1 Å². The molecule has 2 rings (SSSR count). The van der Waals surface area contributed by atoms with Gasteiger partial charge in [-0.2, -0.15) is 4.31 Å². The lowest BCUT2D eigenvalue weighted by Gasteiger charge is -2.26. The van der Waals surface area contributed by atoms with Crippen molar-refractivity contribution in [1.29, 1.82) is 0 Å². The molecule has 0 radical (unpaired) electrons. The highest BCUT2D eigenvalue weighted by molar-refractivity contribution is 7.91. The predicted molar refractivity (Wildman–Crippen MR) is 72.4 cm³/mol. The van der Waals surface area contributed by atoms with Gasteiger partial charge in [0.15, 0.2) is 0 Å². The van der Waals surface area contributed by atoms with Crippen LogP contribution in [0, 0.1) is 12.8 Å². The highest BCUT2D eigenvalue weighted by atomic mass is 32.2. The summed E-state index contributed by atoms with van der Waals surface area (Å²) in [4.78, 5) is 1.02. The standard InChI is InChI=1S/C12H19NO3S2/c1-10-3-4-12(17-10)18(14,15)13(2)9-11-5-7-16-8-6-11/h3-4,11H,5-9H2,1-2H3. The highest BCUT2D eigenvalue weighted by Crippen LogP contribution is 2.25. The van der Waals surface area contributed by atoms with E-state index in [2.05, 4.69) is 0 Å². The SMILES string of the molecule is Cc1ccc(S(=O)(=O)N(C)CC2CCOCC2)s1. The first kappa shape index (κ1) is 14.0. The van der Waals surface area contributed by atoms with Crippen LogP contribution in [0.4, 0.5) is 0 Å². The molecule has 0 atom stereocenters. The summed E-state index contributed by atoms with van der Waals surface area (Å²) < 4.78 is 31.9. The van der Waals surface area contributed by atoms with E-state index in [-0.39, 0.29) is 0 Å². The Hall–Kier alpha value is -0.430. The van der Waals surface area contributed by atoms with Gasteiger partial charge in [-0.05, 0) is 37.8 Å². The molecule has 102 valence electrons. The molecule has 1 saturated heterocycles. The molecular weight excluding hydrogens is 270 g/mol. The third-order valence-electron chi connectivity index (χ3n) is 3.24. The fraction of sp³-hybridized carbons (Fsp3) is 0.667. The number of aryl methyl sites for hydroxylation is 1. The molecule has 1 aromatic heterocycles. The normalized spacial score (nSPS) is 18.4. The summed E-state index contributed by atoms with van der Waals surface area (Å²) >= 11 is 1.33. The Morgan fingerprint density at radius 3 is 2.61 bits per heavy atom. The van der Waals surface area contributed by atoms with Gasteiger partial charge in [0.05, 0.1) is 0 Å². The first-order chi connectivity index (χ1) is 8.50. The van der Waals surface area contributed by atoms with Gasteiger partial charge in [-0.25, -0.2) is 8.42 Å². The van der Waals surface area contributed by atoms with Crippen LogP contribution in [0.1, 0.15) is 17.7 Å². The van der Waals surface area contributed by atoms with Crippen LogP contribution in [0.25, 0.3) is 0 Å². The van der Waals surface area contributed by atoms with E-state index in [4.69, 9.17) is 4.74 Å². The Morgan fingerprint density at radius 2 is 2.06 bits per heavy atom. The van der Waals surface area contributed by atoms with Crippen molar-refractivity contribution in [3.63, 3.8) is 0 Å². The van der Waals surface area contributed by atoms with Gasteiger partial charge in [-0.3, -0.25) is 0 Å². The van der Waals surface area contributed by atoms with E-state index < -0.39 is 10.0 Å². The molecule has 6 heteroatoms. The van der Waals surface area contributed by atoms with Crippen molar-refractivity contribution in [2.45, 2.75) is 24.0 Å². The summed E-state index contributed by atoms with van der Waals surface area (Å²) in [6.07, 6.45) is 1.90. The summed E-state index contributed by atoms with van der Waals surface area (Å²) in [7, 11) is -1.64. The summed E-state index contributed by atoms with van der Waals surface area (Å²) in [6.45, 7) is 4.00. The molecule has 0 unspecified atom stereocenters. The molecule has 1 aliphatic heterocycles. The van der Waals surface area contributed by atoms with Crippen molar-refractivity contribution in [3.05, 3.63) is 17.0 Å². The number of rotatable bonds is 4. The number of ether oxygens (including phenoxy) is 1. The first-order valence-corrected chi connectivity index (χ1v) is 8.36. The van der Waals surface area contributed by atoms with Gasteiger partial charge in [0, 0.05) is 31.7 Å². The van der Waals surface area contributed by atoms with E-state index in [1.807, 2.05) is 13.0 Å². The molecule has 0 aromatic carbocycles. The third-order valence-corrected chi connectivity index (χ3v) is 6.53. The maximum Gasteiger partial charge on any atom is 0.252 e. The van der Waals surface area contributed by atoms with Gasteiger partial charge in [0.1, 0.15) is 4.21 Å². The van der Waals surface area contributed by atoms with Crippen molar-refractivity contribution in [1.82, 2.24) is 4.31 Å². The summed E-state index contributed by atoms with van der Waals surface area (Å²) in [5, 5.41) is 0. The summed E-state index contributed by atoms with van der Waals surface area (Å²) in [5.41, 5.74) is 0. The Balaban J connectivity index is 2.05. The lowest BCUT2D eigenvalue weighted by Crippen LogP contribution is -2.33. The zero-order chi connectivity index (χ0) is 13.2. The molecule has 0 bridgehead atoms. The molecule has 0 N–H and O–H groups in total. The topological polar surface area (TPSA) is 46.6 Å². The van der Waals surface area contributed by atoms with Crippen molar-refractivity contribution < 1.29 is 13.2 Å². The smallest absolute Gasteiger partial charge is 0.252 e. The van der Waals surface area contributed by atoms with Gasteiger partial charge in [-0.15, -0.1) is 11.3 Å². The van der Waals surface area contributed by atoms with Gasteiger partial charge >= 0.3 is 0 Å². The molecule has 0 spiro atoms. The molecule has 2 heterocycles. The first-order valence-electron chi connectivity index (χ1n) is 6.10. The van der Waals surface area contributed by atoms with Crippen LogP contribution in [0.5, 0.6) is 0 Å². The number of hydrogen-bond acceptors (Lipinski definition) is 4. The second-order valence-electron chi connectivity index (χ2n) is 4.71. The van der Waals surface area contributed by atoms with Crippen LogP contribution in [-0.2, 0) is 14.8 Å². The minimum absolute atomic E-state index is 0.416. The third kappa shape index (κ3) is 3.12. The summed E-state index contributed by atoms with van der Waals surface area (Å²) in [5.74, 6) is 0.416. The van der Waals surface area contributed by atoms with Gasteiger partial charge in [-0.1, -0.05) is 0 Å². The van der Waals surface area contributed by atoms with Gasteiger partial charge < -0.3 is 4.74 Å². The minimum Gasteiger partial charge on any atom is -0.381 e. The Bertz CT molecular complexity index is 489. The maximum atomic E-state index is 12.3. The van der Waals surface area contributed by atoms with Crippen molar-refractivity contribution in [2.24, 2.45) is 5.92 Å². The number of hydrogen-bond donors (Lipinski definition) is 0. The largest absolute Gasteiger partial charge is 0.381 e. The second-order valence-corrected chi connectivity index (χ2v) is 8.27. The van der Waals surface area contributed by atoms with E-state index >= 15 is 0 Å². The Morgan fingerprint density at radius 1 is 1.39 bits per heavy atom. The van der Waals surface area contributed by atoms with Crippen LogP contribution in [-0.4, -0.2) is 39.5 Å². The Labute approximate surface area is 113 Å². The van der Waals surface area contributed by atoms with E-state index in [1.165, 1.54) is 15.6 Å². The second kappa shape index (κ2) is 5.69. The van der Waals surface area contributed by atoms with E-state index in [0.29, 0.717) is 16.7 Å². The number of sulfonamides is 1. The number of nitrogens with zero attached hydrogens (tertiary/aromatic N) is 1. The number of thiophene rings is 1. The molecule has 18 heavy (non-hydrogen) atoms. The lowest BCUT2D eigenvalue weighted by atomic mass is 10.0. The van der Waals surface area contributed by atoms with Crippen LogP contribution in [0.3, 0.4) is 0 Å². The molecular formula is C12H19NO3S2. The quantitative estimate of drug-likeness (QED) is 0.853. The highest BCUT2D eigenvalue weighted by Gasteiger charge is 2.25. The molecule has 4 nitrogen and oxygen atoms in total. The molecule has 1 aliphatic rings. The summed E-state index contributed by atoms with van der Waals surface area (Å²) in [6, 6.07) is 3.54. The fourth-order valence-corrected chi connectivity index (χ4v) is 4.84. The maximum absolute atomic E-state index is 12.3. The van der Waals surface area contributed by atoms with Crippen LogP contribution in [0.2, 0.25) is 0 Å². The zero-order valence-electron chi connectivity index (χ0n) is 10.8. The van der Waals surface area contributed by atoms with Gasteiger partial charge in [0.2, 0.25) is 0 Å². The lowest BCUT2D eigenvalue weighted by molar-refractivity contribution is 0.0620. The zero-order valence-corrected chi connectivity index (χ0v) is 12.4. The van der Waals surface area contributed by atoms with Crippen LogP contribution >= 0.6 is 11.3 Å². The molecule has 1 aromatic rings. The van der Waals surface area contributed by atoms with Crippen LogP contribution in [0.15, 0.2) is 16.3 Å². The van der Waals surface area contributed by atoms with Crippen molar-refractivity contribution in [2.75, 3.05) is 26.8 Å². The Kier molecular flexibility index (Phi) is 4.42. The minimum atomic E-state index is -3.31. The molecule has 0 saturated carbocycles. The van der Waals surface area contributed by atoms with E-state index in [0.717, 1.165) is 30.9 Å². The van der Waals surface area contributed by atoms with Crippen LogP contribution < -0.4 is 0 Å². The average Bonchev–Trinajstić information content (AvgIpc) is 2.78. The molecule has 1 fully saturated rings. The fourth-order valence-electron chi connectivity index (χ4n) is 2.10. The molecule has 0 amide bonds. The van der Waals surface area contributed by atoms with Crippen molar-refractivity contribution in [3.8, 4) is 0 Å². The monoisotopic (exact) mass is 289 g/mol. The average molecular weight is 289 g/mol. The van der Waals surface area contributed by atoms with Gasteiger partial charge in [0.25, 0.3) is 10.0 Å². The van der Waals surface area contributed by atoms with Crippen molar-refractivity contribution >= 4 is 21.4 Å². The predicted octanol–water partition coefficient (Wildman–Crippen LogP) is 2.10.